The van der Waals surface area contributed by atoms with Crippen LogP contribution in [0, 0.1) is 0 Å². The van der Waals surface area contributed by atoms with E-state index in [0.717, 1.165) is 30.2 Å². The summed E-state index contributed by atoms with van der Waals surface area (Å²) in [5, 5.41) is 10.8. The van der Waals surface area contributed by atoms with E-state index in [-0.39, 0.29) is 6.10 Å². The van der Waals surface area contributed by atoms with Crippen LogP contribution in [0.2, 0.25) is 10.0 Å². The average Bonchev–Trinajstić information content (AvgIpc) is 3.37. The third-order valence-corrected chi connectivity index (χ3v) is 5.98. The van der Waals surface area contributed by atoms with Crippen molar-refractivity contribution in [3.8, 4) is 11.6 Å². The van der Waals surface area contributed by atoms with Crippen molar-refractivity contribution in [2.24, 2.45) is 0 Å². The molecule has 0 bridgehead atoms. The fourth-order valence-corrected chi connectivity index (χ4v) is 4.64. The molecule has 1 aliphatic heterocycles. The second-order valence-electron chi connectivity index (χ2n) is 6.02. The second kappa shape index (κ2) is 8.05. The first-order valence-electron chi connectivity index (χ1n) is 8.37. The Bertz CT molecular complexity index is 856. The number of rotatable bonds is 6. The number of furan rings is 1. The van der Waals surface area contributed by atoms with Crippen LogP contribution < -0.4 is 0 Å². The number of hydrogen-bond donors (Lipinski definition) is 0. The van der Waals surface area contributed by atoms with Gasteiger partial charge in [0.15, 0.2) is 10.9 Å². The third kappa shape index (κ3) is 3.78. The van der Waals surface area contributed by atoms with Crippen molar-refractivity contribution < 1.29 is 9.15 Å². The molecule has 1 aliphatic rings. The first kappa shape index (κ1) is 17.9. The maximum absolute atomic E-state index is 6.28. The summed E-state index contributed by atoms with van der Waals surface area (Å²) in [6.07, 6.45) is 3.93. The van der Waals surface area contributed by atoms with E-state index in [0.29, 0.717) is 33.9 Å². The van der Waals surface area contributed by atoms with E-state index in [2.05, 4.69) is 14.8 Å². The first-order valence-corrected chi connectivity index (χ1v) is 10.1. The second-order valence-corrected chi connectivity index (χ2v) is 7.77. The third-order valence-electron chi connectivity index (χ3n) is 4.28. The molecule has 2 aromatic heterocycles. The zero-order chi connectivity index (χ0) is 17.9. The number of benzene rings is 1. The minimum Gasteiger partial charge on any atom is -0.461 e. The van der Waals surface area contributed by atoms with Crippen molar-refractivity contribution in [1.82, 2.24) is 14.8 Å². The van der Waals surface area contributed by atoms with Crippen LogP contribution in [0.5, 0.6) is 0 Å². The predicted molar refractivity (Wildman–Crippen MR) is 103 cm³/mol. The van der Waals surface area contributed by atoms with Crippen LogP contribution in [0.25, 0.3) is 11.6 Å². The van der Waals surface area contributed by atoms with Crippen LogP contribution >= 0.6 is 35.0 Å². The van der Waals surface area contributed by atoms with Crippen molar-refractivity contribution in [3.63, 3.8) is 0 Å². The summed E-state index contributed by atoms with van der Waals surface area (Å²) in [6.45, 7) is 1.50. The van der Waals surface area contributed by atoms with E-state index < -0.39 is 0 Å². The number of halogens is 2. The summed E-state index contributed by atoms with van der Waals surface area (Å²) < 4.78 is 13.4. The van der Waals surface area contributed by atoms with E-state index in [9.17, 15) is 0 Å². The number of thioether (sulfide) groups is 1. The zero-order valence-electron chi connectivity index (χ0n) is 13.9. The van der Waals surface area contributed by atoms with E-state index in [1.807, 2.05) is 30.3 Å². The van der Waals surface area contributed by atoms with Crippen molar-refractivity contribution in [2.75, 3.05) is 6.61 Å². The molecule has 0 aliphatic carbocycles. The molecule has 0 N–H and O–H groups in total. The summed E-state index contributed by atoms with van der Waals surface area (Å²) in [6, 6.07) is 9.25. The lowest BCUT2D eigenvalue weighted by Gasteiger charge is -2.14. The highest BCUT2D eigenvalue weighted by Crippen LogP contribution is 2.33. The van der Waals surface area contributed by atoms with Gasteiger partial charge in [-0.15, -0.1) is 10.2 Å². The van der Waals surface area contributed by atoms with Gasteiger partial charge in [-0.25, -0.2) is 0 Å². The van der Waals surface area contributed by atoms with E-state index in [1.165, 1.54) is 0 Å². The fourth-order valence-electron chi connectivity index (χ4n) is 2.95. The molecule has 8 heteroatoms. The Hall–Kier alpha value is -1.47. The average molecular weight is 410 g/mol. The van der Waals surface area contributed by atoms with Gasteiger partial charge in [0, 0.05) is 22.4 Å². The lowest BCUT2D eigenvalue weighted by atomic mass is 10.2. The molecule has 0 amide bonds. The lowest BCUT2D eigenvalue weighted by Crippen LogP contribution is -2.16. The van der Waals surface area contributed by atoms with Gasteiger partial charge < -0.3 is 9.15 Å². The molecule has 3 aromatic rings. The predicted octanol–water partition coefficient (Wildman–Crippen LogP) is 5.32. The molecular weight excluding hydrogens is 393 g/mol. The van der Waals surface area contributed by atoms with Gasteiger partial charge >= 0.3 is 0 Å². The SMILES string of the molecule is Clc1cccc(Cl)c1CSc1nnc(-c2ccco2)n1CC1CCCO1. The van der Waals surface area contributed by atoms with Gasteiger partial charge in [-0.1, -0.05) is 41.0 Å². The van der Waals surface area contributed by atoms with Crippen LogP contribution in [0.1, 0.15) is 18.4 Å². The van der Waals surface area contributed by atoms with Crippen molar-refractivity contribution in [2.45, 2.75) is 36.4 Å². The Morgan fingerprint density at radius 3 is 2.69 bits per heavy atom. The Morgan fingerprint density at radius 1 is 1.15 bits per heavy atom. The Balaban J connectivity index is 1.60. The highest BCUT2D eigenvalue weighted by atomic mass is 35.5. The Kier molecular flexibility index (Phi) is 5.55. The summed E-state index contributed by atoms with van der Waals surface area (Å²) in [5.74, 6) is 2.01. The number of hydrogen-bond acceptors (Lipinski definition) is 5. The van der Waals surface area contributed by atoms with Gasteiger partial charge in [0.1, 0.15) is 0 Å². The maximum atomic E-state index is 6.28. The monoisotopic (exact) mass is 409 g/mol. The molecule has 1 saturated heterocycles. The van der Waals surface area contributed by atoms with Gasteiger partial charge in [-0.2, -0.15) is 0 Å². The molecule has 1 aromatic carbocycles. The topological polar surface area (TPSA) is 53.1 Å². The summed E-state index contributed by atoms with van der Waals surface area (Å²) in [4.78, 5) is 0. The molecule has 26 heavy (non-hydrogen) atoms. The van der Waals surface area contributed by atoms with Crippen LogP contribution in [0.3, 0.4) is 0 Å². The molecule has 0 spiro atoms. The Labute approximate surface area is 165 Å². The molecule has 0 saturated carbocycles. The van der Waals surface area contributed by atoms with Gasteiger partial charge in [0.25, 0.3) is 0 Å². The minimum absolute atomic E-state index is 0.169. The summed E-state index contributed by atoms with van der Waals surface area (Å²) in [7, 11) is 0. The highest BCUT2D eigenvalue weighted by Gasteiger charge is 2.23. The molecule has 1 fully saturated rings. The van der Waals surface area contributed by atoms with E-state index >= 15 is 0 Å². The highest BCUT2D eigenvalue weighted by molar-refractivity contribution is 7.98. The molecule has 3 heterocycles. The zero-order valence-corrected chi connectivity index (χ0v) is 16.2. The van der Waals surface area contributed by atoms with Crippen molar-refractivity contribution >= 4 is 35.0 Å². The van der Waals surface area contributed by atoms with Crippen molar-refractivity contribution in [1.29, 1.82) is 0 Å². The van der Waals surface area contributed by atoms with Gasteiger partial charge in [-0.3, -0.25) is 4.57 Å². The standard InChI is InChI=1S/C18H17Cl2N3O2S/c19-14-5-1-6-15(20)13(14)11-26-18-22-21-17(16-7-3-9-25-16)23(18)10-12-4-2-8-24-12/h1,3,5-7,9,12H,2,4,8,10-11H2. The molecule has 1 unspecified atom stereocenters. The summed E-state index contributed by atoms with van der Waals surface area (Å²) >= 11 is 14.1. The molecule has 5 nitrogen and oxygen atoms in total. The van der Waals surface area contributed by atoms with Crippen LogP contribution in [0.4, 0.5) is 0 Å². The normalized spacial score (nSPS) is 17.1. The quantitative estimate of drug-likeness (QED) is 0.515. The van der Waals surface area contributed by atoms with Crippen LogP contribution in [-0.2, 0) is 17.0 Å². The molecule has 4 rings (SSSR count). The van der Waals surface area contributed by atoms with E-state index in [4.69, 9.17) is 32.4 Å². The van der Waals surface area contributed by atoms with Gasteiger partial charge in [0.05, 0.1) is 18.9 Å². The molecular formula is C18H17Cl2N3O2S. The lowest BCUT2D eigenvalue weighted by molar-refractivity contribution is 0.0952. The van der Waals surface area contributed by atoms with Gasteiger partial charge in [-0.05, 0) is 42.7 Å². The first-order chi connectivity index (χ1) is 12.7. The van der Waals surface area contributed by atoms with E-state index in [1.54, 1.807) is 18.0 Å². The van der Waals surface area contributed by atoms with Crippen LogP contribution in [0.15, 0.2) is 46.2 Å². The largest absolute Gasteiger partial charge is 0.461 e. The number of aromatic nitrogens is 3. The smallest absolute Gasteiger partial charge is 0.200 e. The van der Waals surface area contributed by atoms with Crippen molar-refractivity contribution in [3.05, 3.63) is 52.2 Å². The molecule has 1 atom stereocenters. The fraction of sp³-hybridized carbons (Fsp3) is 0.333. The maximum Gasteiger partial charge on any atom is 0.200 e. The molecule has 136 valence electrons. The number of nitrogens with zero attached hydrogens (tertiary/aromatic N) is 3. The minimum atomic E-state index is 0.169. The number of ether oxygens (including phenoxy) is 1. The summed E-state index contributed by atoms with van der Waals surface area (Å²) in [5.41, 5.74) is 0.895. The Morgan fingerprint density at radius 2 is 2.00 bits per heavy atom. The molecule has 0 radical (unpaired) electrons. The van der Waals surface area contributed by atoms with Crippen LogP contribution in [-0.4, -0.2) is 27.5 Å². The van der Waals surface area contributed by atoms with Gasteiger partial charge in [0.2, 0.25) is 5.82 Å².